The minimum absolute atomic E-state index is 0.423. The monoisotopic (exact) mass is 331 g/mol. The Morgan fingerprint density at radius 2 is 2.04 bits per heavy atom. The standard InChI is InChI=1S/C15H17N5O2S/c1-9(13(21)18-14(16)22)23-15-17-12(10-7-8-10)20(19-15)11-5-3-2-4-6-11/h2-6,9-10H,7-8H2,1H3,(H3,16,18,21,22)/t9-/m0/s1. The van der Waals surface area contributed by atoms with Crippen molar-refractivity contribution < 1.29 is 9.59 Å². The first kappa shape index (κ1) is 15.5. The van der Waals surface area contributed by atoms with Gasteiger partial charge in [0.1, 0.15) is 5.82 Å². The average molecular weight is 331 g/mol. The summed E-state index contributed by atoms with van der Waals surface area (Å²) < 4.78 is 1.83. The van der Waals surface area contributed by atoms with E-state index in [1.165, 1.54) is 11.8 Å². The number of nitrogens with one attached hydrogen (secondary N) is 1. The number of rotatable bonds is 5. The Hall–Kier alpha value is -2.35. The molecule has 3 amide bonds. The third-order valence-electron chi connectivity index (χ3n) is 3.45. The molecule has 120 valence electrons. The topological polar surface area (TPSA) is 103 Å². The molecule has 8 heteroatoms. The number of nitrogens with two attached hydrogens (primary N) is 1. The van der Waals surface area contributed by atoms with Crippen molar-refractivity contribution in [3.05, 3.63) is 36.2 Å². The highest BCUT2D eigenvalue weighted by Crippen LogP contribution is 2.40. The molecular weight excluding hydrogens is 314 g/mol. The van der Waals surface area contributed by atoms with Gasteiger partial charge in [0.25, 0.3) is 0 Å². The van der Waals surface area contributed by atoms with Gasteiger partial charge in [-0.1, -0.05) is 30.0 Å². The highest BCUT2D eigenvalue weighted by atomic mass is 32.2. The number of aromatic nitrogens is 3. The number of para-hydroxylation sites is 1. The molecule has 1 aromatic heterocycles. The van der Waals surface area contributed by atoms with Gasteiger partial charge in [0.2, 0.25) is 11.1 Å². The van der Waals surface area contributed by atoms with E-state index in [1.54, 1.807) is 6.92 Å². The summed E-state index contributed by atoms with van der Waals surface area (Å²) in [5, 5.41) is 6.59. The van der Waals surface area contributed by atoms with Crippen molar-refractivity contribution in [2.45, 2.75) is 36.1 Å². The van der Waals surface area contributed by atoms with Crippen molar-refractivity contribution in [1.29, 1.82) is 0 Å². The van der Waals surface area contributed by atoms with Crippen LogP contribution in [0.3, 0.4) is 0 Å². The van der Waals surface area contributed by atoms with E-state index in [1.807, 2.05) is 35.0 Å². The summed E-state index contributed by atoms with van der Waals surface area (Å²) in [4.78, 5) is 27.1. The molecule has 1 fully saturated rings. The Kier molecular flexibility index (Phi) is 4.33. The van der Waals surface area contributed by atoms with Crippen LogP contribution < -0.4 is 11.1 Å². The SMILES string of the molecule is C[C@H](Sc1nc(C2CC2)n(-c2ccccc2)n1)C(=O)NC(N)=O. The fraction of sp³-hybridized carbons (Fsp3) is 0.333. The summed E-state index contributed by atoms with van der Waals surface area (Å²) >= 11 is 1.21. The van der Waals surface area contributed by atoms with Gasteiger partial charge in [-0.05, 0) is 31.9 Å². The predicted molar refractivity (Wildman–Crippen MR) is 86.4 cm³/mol. The van der Waals surface area contributed by atoms with Crippen molar-refractivity contribution in [1.82, 2.24) is 20.1 Å². The molecule has 1 aliphatic rings. The van der Waals surface area contributed by atoms with Gasteiger partial charge in [0, 0.05) is 5.92 Å². The highest BCUT2D eigenvalue weighted by molar-refractivity contribution is 8.00. The highest BCUT2D eigenvalue weighted by Gasteiger charge is 2.31. The molecule has 1 aromatic carbocycles. The summed E-state index contributed by atoms with van der Waals surface area (Å²) in [6.45, 7) is 1.68. The second-order valence-electron chi connectivity index (χ2n) is 5.39. The smallest absolute Gasteiger partial charge is 0.318 e. The third kappa shape index (κ3) is 3.70. The van der Waals surface area contributed by atoms with Crippen LogP contribution in [0.25, 0.3) is 5.69 Å². The number of carbonyl (C=O) groups is 2. The predicted octanol–water partition coefficient (Wildman–Crippen LogP) is 1.82. The van der Waals surface area contributed by atoms with E-state index < -0.39 is 17.2 Å². The maximum absolute atomic E-state index is 11.8. The molecule has 3 rings (SSSR count). The number of urea groups is 1. The molecule has 1 aliphatic carbocycles. The first-order valence-electron chi connectivity index (χ1n) is 7.34. The number of amides is 3. The zero-order valence-corrected chi connectivity index (χ0v) is 13.4. The first-order valence-corrected chi connectivity index (χ1v) is 8.22. The van der Waals surface area contributed by atoms with Crippen LogP contribution >= 0.6 is 11.8 Å². The Bertz CT molecular complexity index is 727. The van der Waals surface area contributed by atoms with Crippen LogP contribution in [-0.2, 0) is 4.79 Å². The van der Waals surface area contributed by atoms with Crippen molar-refractivity contribution in [2.75, 3.05) is 0 Å². The number of nitrogens with zero attached hydrogens (tertiary/aromatic N) is 3. The molecule has 7 nitrogen and oxygen atoms in total. The summed E-state index contributed by atoms with van der Waals surface area (Å²) in [6, 6.07) is 8.93. The molecule has 23 heavy (non-hydrogen) atoms. The molecular formula is C15H17N5O2S. The first-order chi connectivity index (χ1) is 11.0. The minimum atomic E-state index is -0.858. The summed E-state index contributed by atoms with van der Waals surface area (Å²) in [5.41, 5.74) is 5.91. The van der Waals surface area contributed by atoms with Gasteiger partial charge < -0.3 is 5.73 Å². The van der Waals surface area contributed by atoms with Crippen molar-refractivity contribution >= 4 is 23.7 Å². The summed E-state index contributed by atoms with van der Waals surface area (Å²) in [7, 11) is 0. The van der Waals surface area contributed by atoms with Gasteiger partial charge in [0.15, 0.2) is 0 Å². The van der Waals surface area contributed by atoms with Gasteiger partial charge in [-0.3, -0.25) is 10.1 Å². The largest absolute Gasteiger partial charge is 0.351 e. The van der Waals surface area contributed by atoms with Crippen LogP contribution in [0.4, 0.5) is 4.79 Å². The maximum Gasteiger partial charge on any atom is 0.318 e. The van der Waals surface area contributed by atoms with Crippen LogP contribution in [0.1, 0.15) is 31.5 Å². The molecule has 1 atom stereocenters. The van der Waals surface area contributed by atoms with E-state index >= 15 is 0 Å². The van der Waals surface area contributed by atoms with Crippen LogP contribution in [0.15, 0.2) is 35.5 Å². The van der Waals surface area contributed by atoms with E-state index in [0.717, 1.165) is 24.4 Å². The van der Waals surface area contributed by atoms with Gasteiger partial charge >= 0.3 is 6.03 Å². The number of hydrogen-bond donors (Lipinski definition) is 2. The lowest BCUT2D eigenvalue weighted by Gasteiger charge is -2.06. The summed E-state index contributed by atoms with van der Waals surface area (Å²) in [6.07, 6.45) is 2.21. The summed E-state index contributed by atoms with van der Waals surface area (Å²) in [5.74, 6) is 0.888. The van der Waals surface area contributed by atoms with E-state index in [4.69, 9.17) is 5.73 Å². The van der Waals surface area contributed by atoms with Crippen LogP contribution in [0, 0.1) is 0 Å². The molecule has 1 heterocycles. The number of thioether (sulfide) groups is 1. The van der Waals surface area contributed by atoms with E-state index in [0.29, 0.717) is 11.1 Å². The van der Waals surface area contributed by atoms with Gasteiger partial charge in [-0.2, -0.15) is 0 Å². The number of imide groups is 1. The van der Waals surface area contributed by atoms with Crippen LogP contribution in [0.5, 0.6) is 0 Å². The van der Waals surface area contributed by atoms with Gasteiger partial charge in [0.05, 0.1) is 10.9 Å². The fourth-order valence-corrected chi connectivity index (χ4v) is 2.91. The Morgan fingerprint density at radius 1 is 1.35 bits per heavy atom. The molecule has 0 spiro atoms. The Labute approximate surface area is 137 Å². The normalized spacial score (nSPS) is 15.2. The van der Waals surface area contributed by atoms with E-state index in [2.05, 4.69) is 15.4 Å². The average Bonchev–Trinajstić information content (AvgIpc) is 3.28. The van der Waals surface area contributed by atoms with E-state index in [9.17, 15) is 9.59 Å². The number of carbonyl (C=O) groups excluding carboxylic acids is 2. The molecule has 2 aromatic rings. The lowest BCUT2D eigenvalue weighted by atomic mass is 10.3. The van der Waals surface area contributed by atoms with Crippen LogP contribution in [-0.4, -0.2) is 32.0 Å². The zero-order chi connectivity index (χ0) is 16.4. The number of hydrogen-bond acceptors (Lipinski definition) is 5. The van der Waals surface area contributed by atoms with Crippen molar-refractivity contribution in [3.8, 4) is 5.69 Å². The fourth-order valence-electron chi connectivity index (χ4n) is 2.15. The Morgan fingerprint density at radius 3 is 2.65 bits per heavy atom. The Balaban J connectivity index is 1.81. The lowest BCUT2D eigenvalue weighted by molar-refractivity contribution is -0.119. The van der Waals surface area contributed by atoms with Crippen molar-refractivity contribution in [2.24, 2.45) is 5.73 Å². The number of benzene rings is 1. The minimum Gasteiger partial charge on any atom is -0.351 e. The number of primary amides is 1. The van der Waals surface area contributed by atoms with Gasteiger partial charge in [-0.25, -0.2) is 14.5 Å². The maximum atomic E-state index is 11.8. The second-order valence-corrected chi connectivity index (χ2v) is 6.70. The molecule has 1 saturated carbocycles. The molecule has 3 N–H and O–H groups in total. The van der Waals surface area contributed by atoms with Crippen molar-refractivity contribution in [3.63, 3.8) is 0 Å². The van der Waals surface area contributed by atoms with E-state index in [-0.39, 0.29) is 0 Å². The third-order valence-corrected chi connectivity index (χ3v) is 4.41. The molecule has 0 saturated heterocycles. The zero-order valence-electron chi connectivity index (χ0n) is 12.6. The van der Waals surface area contributed by atoms with Crippen LogP contribution in [0.2, 0.25) is 0 Å². The quantitative estimate of drug-likeness (QED) is 0.814. The lowest BCUT2D eigenvalue weighted by Crippen LogP contribution is -2.39. The molecule has 0 radical (unpaired) electrons. The molecule has 0 aliphatic heterocycles. The second kappa shape index (κ2) is 6.41. The molecule has 0 bridgehead atoms. The molecule has 0 unspecified atom stereocenters. The van der Waals surface area contributed by atoms with Gasteiger partial charge in [-0.15, -0.1) is 5.10 Å².